The lowest BCUT2D eigenvalue weighted by molar-refractivity contribution is -0.132. The van der Waals surface area contributed by atoms with Crippen LogP contribution in [0.15, 0.2) is 17.5 Å². The number of carbonyl (C=O) groups excluding carboxylic acids is 1. The second kappa shape index (κ2) is 9.54. The Morgan fingerprint density at radius 1 is 1.46 bits per heavy atom. The van der Waals surface area contributed by atoms with Crippen molar-refractivity contribution in [3.8, 4) is 0 Å². The molecule has 2 rings (SSSR count). The molecule has 0 aliphatic carbocycles. The fourth-order valence-corrected chi connectivity index (χ4v) is 4.53. The number of unbranched alkanes of at least 4 members (excludes halogenated alkanes) is 1. The standard InChI is InChI=1S/C19H32N2O2S/c1-4-6-9-20(3)13-17-15(5-2)12-21(18(17)14-22)19(23)11-16-8-7-10-24-16/h7-8,10,15,17-18,22H,4-6,9,11-14H2,1-3H3/t15-,17-,18-/m1/s1. The Morgan fingerprint density at radius 3 is 2.83 bits per heavy atom. The minimum Gasteiger partial charge on any atom is -0.394 e. The van der Waals surface area contributed by atoms with E-state index in [1.165, 1.54) is 12.8 Å². The third kappa shape index (κ3) is 4.80. The van der Waals surface area contributed by atoms with Gasteiger partial charge >= 0.3 is 0 Å². The molecule has 1 N–H and O–H groups in total. The number of likely N-dealkylation sites (tertiary alicyclic amines) is 1. The van der Waals surface area contributed by atoms with Gasteiger partial charge in [-0.25, -0.2) is 0 Å². The molecule has 1 fully saturated rings. The van der Waals surface area contributed by atoms with Crippen molar-refractivity contribution >= 4 is 17.2 Å². The minimum atomic E-state index is -0.0357. The van der Waals surface area contributed by atoms with Crippen molar-refractivity contribution in [1.82, 2.24) is 9.80 Å². The molecule has 0 saturated carbocycles. The zero-order chi connectivity index (χ0) is 17.5. The smallest absolute Gasteiger partial charge is 0.228 e. The molecular weight excluding hydrogens is 320 g/mol. The van der Waals surface area contributed by atoms with Crippen molar-refractivity contribution in [2.45, 2.75) is 45.6 Å². The minimum absolute atomic E-state index is 0.0357. The molecule has 5 heteroatoms. The third-order valence-electron chi connectivity index (χ3n) is 5.28. The average molecular weight is 353 g/mol. The third-order valence-corrected chi connectivity index (χ3v) is 6.16. The highest BCUT2D eigenvalue weighted by Gasteiger charge is 2.42. The van der Waals surface area contributed by atoms with Crippen molar-refractivity contribution in [1.29, 1.82) is 0 Å². The van der Waals surface area contributed by atoms with Gasteiger partial charge in [-0.3, -0.25) is 4.79 Å². The summed E-state index contributed by atoms with van der Waals surface area (Å²) in [6.07, 6.45) is 3.92. The van der Waals surface area contributed by atoms with Crippen LogP contribution in [0.2, 0.25) is 0 Å². The summed E-state index contributed by atoms with van der Waals surface area (Å²) in [5.41, 5.74) is 0. The number of hydrogen-bond acceptors (Lipinski definition) is 4. The van der Waals surface area contributed by atoms with E-state index in [0.29, 0.717) is 18.3 Å². The quantitative estimate of drug-likeness (QED) is 0.743. The summed E-state index contributed by atoms with van der Waals surface area (Å²) >= 11 is 1.63. The molecule has 24 heavy (non-hydrogen) atoms. The van der Waals surface area contributed by atoms with E-state index in [1.807, 2.05) is 22.4 Å². The van der Waals surface area contributed by atoms with Crippen LogP contribution in [0.3, 0.4) is 0 Å². The van der Waals surface area contributed by atoms with E-state index in [9.17, 15) is 9.90 Å². The Morgan fingerprint density at radius 2 is 2.25 bits per heavy atom. The predicted octanol–water partition coefficient (Wildman–Crippen LogP) is 2.87. The van der Waals surface area contributed by atoms with Gasteiger partial charge in [-0.05, 0) is 43.3 Å². The monoisotopic (exact) mass is 352 g/mol. The van der Waals surface area contributed by atoms with Gasteiger partial charge in [0.25, 0.3) is 0 Å². The van der Waals surface area contributed by atoms with Gasteiger partial charge in [0.05, 0.1) is 19.1 Å². The van der Waals surface area contributed by atoms with E-state index in [4.69, 9.17) is 0 Å². The van der Waals surface area contributed by atoms with Gasteiger partial charge in [0, 0.05) is 18.0 Å². The maximum atomic E-state index is 12.8. The summed E-state index contributed by atoms with van der Waals surface area (Å²) in [5.74, 6) is 1.02. The first kappa shape index (κ1) is 19.4. The molecule has 0 radical (unpaired) electrons. The van der Waals surface area contributed by atoms with Crippen LogP contribution in [-0.2, 0) is 11.2 Å². The zero-order valence-electron chi connectivity index (χ0n) is 15.3. The summed E-state index contributed by atoms with van der Waals surface area (Å²) in [4.78, 5) is 18.2. The molecule has 1 aliphatic heterocycles. The molecule has 0 aromatic carbocycles. The topological polar surface area (TPSA) is 43.8 Å². The van der Waals surface area contributed by atoms with E-state index < -0.39 is 0 Å². The largest absolute Gasteiger partial charge is 0.394 e. The van der Waals surface area contributed by atoms with Crippen LogP contribution >= 0.6 is 11.3 Å². The van der Waals surface area contributed by atoms with E-state index >= 15 is 0 Å². The zero-order valence-corrected chi connectivity index (χ0v) is 16.1. The number of hydrogen-bond donors (Lipinski definition) is 1. The highest BCUT2D eigenvalue weighted by Crippen LogP contribution is 2.33. The number of nitrogens with zero attached hydrogens (tertiary/aromatic N) is 2. The molecule has 1 aromatic rings. The first-order valence-corrected chi connectivity index (χ1v) is 10.1. The molecule has 1 amide bonds. The number of amides is 1. The Balaban J connectivity index is 2.03. The lowest BCUT2D eigenvalue weighted by Crippen LogP contribution is -2.43. The van der Waals surface area contributed by atoms with Gasteiger partial charge in [-0.15, -0.1) is 11.3 Å². The normalized spacial score (nSPS) is 24.0. The van der Waals surface area contributed by atoms with Gasteiger partial charge in [0.2, 0.25) is 5.91 Å². The predicted molar refractivity (Wildman–Crippen MR) is 100 cm³/mol. The number of aliphatic hydroxyl groups excluding tert-OH is 1. The van der Waals surface area contributed by atoms with Gasteiger partial charge in [0.15, 0.2) is 0 Å². The number of aliphatic hydroxyl groups is 1. The van der Waals surface area contributed by atoms with E-state index in [1.54, 1.807) is 11.3 Å². The molecule has 136 valence electrons. The van der Waals surface area contributed by atoms with Gasteiger partial charge in [-0.1, -0.05) is 32.8 Å². The molecule has 0 bridgehead atoms. The van der Waals surface area contributed by atoms with Crippen LogP contribution in [0.1, 0.15) is 38.0 Å². The lowest BCUT2D eigenvalue weighted by atomic mass is 9.88. The summed E-state index contributed by atoms with van der Waals surface area (Å²) in [6, 6.07) is 3.97. The van der Waals surface area contributed by atoms with Crippen molar-refractivity contribution < 1.29 is 9.90 Å². The Bertz CT molecular complexity index is 492. The van der Waals surface area contributed by atoms with Crippen LogP contribution in [0.25, 0.3) is 0 Å². The second-order valence-corrected chi connectivity index (χ2v) is 8.03. The summed E-state index contributed by atoms with van der Waals surface area (Å²) in [6.45, 7) is 7.32. The molecule has 1 aliphatic rings. The molecule has 1 aromatic heterocycles. The fraction of sp³-hybridized carbons (Fsp3) is 0.737. The molecule has 1 saturated heterocycles. The van der Waals surface area contributed by atoms with Gasteiger partial charge in [-0.2, -0.15) is 0 Å². The molecule has 0 spiro atoms. The van der Waals surface area contributed by atoms with Crippen LogP contribution < -0.4 is 0 Å². The Hall–Kier alpha value is -0.910. The Labute approximate surface area is 150 Å². The highest BCUT2D eigenvalue weighted by atomic mass is 32.1. The maximum Gasteiger partial charge on any atom is 0.228 e. The lowest BCUT2D eigenvalue weighted by Gasteiger charge is -2.30. The van der Waals surface area contributed by atoms with Crippen LogP contribution in [-0.4, -0.2) is 60.1 Å². The molecule has 2 heterocycles. The van der Waals surface area contributed by atoms with E-state index in [-0.39, 0.29) is 18.6 Å². The fourth-order valence-electron chi connectivity index (χ4n) is 3.84. The second-order valence-electron chi connectivity index (χ2n) is 7.00. The van der Waals surface area contributed by atoms with E-state index in [2.05, 4.69) is 25.8 Å². The molecule has 3 atom stereocenters. The maximum absolute atomic E-state index is 12.8. The van der Waals surface area contributed by atoms with Crippen molar-refractivity contribution in [2.75, 3.05) is 33.3 Å². The van der Waals surface area contributed by atoms with Gasteiger partial charge in [0.1, 0.15) is 0 Å². The van der Waals surface area contributed by atoms with Crippen molar-refractivity contribution in [3.05, 3.63) is 22.4 Å². The summed E-state index contributed by atoms with van der Waals surface area (Å²) in [7, 11) is 2.16. The number of rotatable bonds is 9. The van der Waals surface area contributed by atoms with Crippen molar-refractivity contribution in [3.63, 3.8) is 0 Å². The first-order chi connectivity index (χ1) is 11.6. The Kier molecular flexibility index (Phi) is 7.72. The summed E-state index contributed by atoms with van der Waals surface area (Å²) < 4.78 is 0. The van der Waals surface area contributed by atoms with Crippen molar-refractivity contribution in [2.24, 2.45) is 11.8 Å². The van der Waals surface area contributed by atoms with E-state index in [0.717, 1.165) is 30.9 Å². The molecule has 0 unspecified atom stereocenters. The highest BCUT2D eigenvalue weighted by molar-refractivity contribution is 7.10. The van der Waals surface area contributed by atoms with Gasteiger partial charge < -0.3 is 14.9 Å². The van der Waals surface area contributed by atoms with Crippen LogP contribution in [0.5, 0.6) is 0 Å². The molecular formula is C19H32N2O2S. The van der Waals surface area contributed by atoms with Crippen LogP contribution in [0, 0.1) is 11.8 Å². The SMILES string of the molecule is CCCCN(C)C[C@@H]1[C@H](CC)CN(C(=O)Cc2cccs2)[C@@H]1CO. The summed E-state index contributed by atoms with van der Waals surface area (Å²) in [5, 5.41) is 12.0. The molecule has 4 nitrogen and oxygen atoms in total. The van der Waals surface area contributed by atoms with Crippen LogP contribution in [0.4, 0.5) is 0 Å². The first-order valence-electron chi connectivity index (χ1n) is 9.21. The number of carbonyl (C=O) groups is 1. The number of thiophene rings is 1. The average Bonchev–Trinajstić information content (AvgIpc) is 3.20.